The number of rotatable bonds is 17. The Hall–Kier alpha value is -6.55. The standard InChI is InChI=1S/C39H52FN7O12S.CHF3O3S/c1-12-18-54-35(52)43-30-25(20-47(46(30)11)17-13-16-41-34(51)57-38(5,6)7)24-15-14-23(19-26(24)40)55-21-28(32(50)56-37(2,3)4)59-45-29(31(48)49)27-22-60-33(42-27)44-36(53)58-39(8,9)10;2-1(3,4)8(5,6)7/h12,14-15,19-20,22,28H,1,13,16-18,21H2,2-11H3,(H3,41,42,44,48,49,51,53);(H,5,6,7)/b45-29-;/t28-;/m0./s1. The van der Waals surface area contributed by atoms with Gasteiger partial charge in [0.2, 0.25) is 5.71 Å². The van der Waals surface area contributed by atoms with Crippen molar-refractivity contribution < 1.29 is 92.8 Å². The zero-order valence-electron chi connectivity index (χ0n) is 38.6. The first-order valence-electron chi connectivity index (χ1n) is 19.8. The van der Waals surface area contributed by atoms with Crippen molar-refractivity contribution in [3.05, 3.63) is 53.9 Å². The van der Waals surface area contributed by atoms with Crippen LogP contribution in [0.15, 0.2) is 47.6 Å². The highest BCUT2D eigenvalue weighted by Crippen LogP contribution is 2.31. The average molecular weight is 1010 g/mol. The molecule has 0 radical (unpaired) electrons. The molecule has 1 aromatic carbocycles. The number of carboxylic acid groups (broad SMARTS) is 1. The number of carbonyl (C=O) groups is 5. The molecule has 378 valence electrons. The molecular weight excluding hydrogens is 959 g/mol. The number of halogens is 4. The van der Waals surface area contributed by atoms with E-state index in [1.165, 1.54) is 23.6 Å². The Balaban J connectivity index is 0.00000181. The van der Waals surface area contributed by atoms with Crippen LogP contribution in [0, 0.1) is 5.82 Å². The van der Waals surface area contributed by atoms with Gasteiger partial charge in [-0.05, 0) is 80.9 Å². The van der Waals surface area contributed by atoms with Crippen LogP contribution < -0.4 is 25.4 Å². The van der Waals surface area contributed by atoms with Crippen molar-refractivity contribution in [2.75, 3.05) is 30.4 Å². The summed E-state index contributed by atoms with van der Waals surface area (Å²) in [5.41, 5.74) is -8.66. The number of amides is 3. The lowest BCUT2D eigenvalue weighted by molar-refractivity contribution is -0.740. The van der Waals surface area contributed by atoms with Crippen molar-refractivity contribution >= 4 is 68.3 Å². The molecule has 0 saturated carbocycles. The van der Waals surface area contributed by atoms with Crippen LogP contribution in [0.4, 0.5) is 42.9 Å². The lowest BCUT2D eigenvalue weighted by Gasteiger charge is -2.23. The smallest absolute Gasteiger partial charge is 0.505 e. The van der Waals surface area contributed by atoms with Crippen LogP contribution in [0.3, 0.4) is 0 Å². The number of oxime groups is 1. The van der Waals surface area contributed by atoms with E-state index in [4.69, 9.17) is 41.5 Å². The number of hydrogen-bond acceptors (Lipinski definition) is 17. The topological polar surface area (TPSA) is 288 Å². The Morgan fingerprint density at radius 3 is 2.07 bits per heavy atom. The second-order valence-corrected chi connectivity index (χ2v) is 19.0. The normalized spacial score (nSPS) is 12.6. The molecule has 0 spiro atoms. The second kappa shape index (κ2) is 23.9. The zero-order chi connectivity index (χ0) is 52.0. The highest BCUT2D eigenvalue weighted by molar-refractivity contribution is 7.86. The third kappa shape index (κ3) is 20.1. The molecule has 0 fully saturated rings. The molecule has 3 amide bonds. The fraction of sp³-hybridized carbons (Fsp3) is 0.500. The van der Waals surface area contributed by atoms with Crippen molar-refractivity contribution in [3.8, 4) is 16.9 Å². The Kier molecular flexibility index (Phi) is 20.3. The molecule has 22 nitrogen and oxygen atoms in total. The molecule has 0 aliphatic rings. The minimum atomic E-state index is -6.09. The number of carbonyl (C=O) groups excluding carboxylic acids is 4. The number of hydrogen-bond donors (Lipinski definition) is 4. The number of benzene rings is 1. The van der Waals surface area contributed by atoms with Gasteiger partial charge in [-0.3, -0.25) is 5.32 Å². The summed E-state index contributed by atoms with van der Waals surface area (Å²) in [6, 6.07) is 3.85. The van der Waals surface area contributed by atoms with Gasteiger partial charge in [-0.1, -0.05) is 17.8 Å². The van der Waals surface area contributed by atoms with Crippen molar-refractivity contribution in [3.63, 3.8) is 0 Å². The average Bonchev–Trinajstić information content (AvgIpc) is 3.74. The number of ether oxygens (including phenoxy) is 5. The van der Waals surface area contributed by atoms with E-state index in [1.54, 1.807) is 84.9 Å². The number of alkyl halides is 3. The Morgan fingerprint density at radius 1 is 0.956 bits per heavy atom. The first-order chi connectivity index (χ1) is 31.1. The molecule has 0 aliphatic heterocycles. The zero-order valence-corrected chi connectivity index (χ0v) is 40.2. The van der Waals surface area contributed by atoms with Gasteiger partial charge in [0.25, 0.3) is 6.10 Å². The van der Waals surface area contributed by atoms with Crippen molar-refractivity contribution in [2.24, 2.45) is 12.2 Å². The van der Waals surface area contributed by atoms with Crippen LogP contribution in [0.1, 0.15) is 74.4 Å². The van der Waals surface area contributed by atoms with Gasteiger partial charge in [-0.2, -0.15) is 28.0 Å². The van der Waals surface area contributed by atoms with E-state index in [-0.39, 0.29) is 46.7 Å². The molecule has 2 aromatic heterocycles. The second-order valence-electron chi connectivity index (χ2n) is 16.8. The molecule has 2 heterocycles. The number of nitrogens with one attached hydrogen (secondary N) is 3. The number of nitrogens with zero attached hydrogens (tertiary/aromatic N) is 4. The maximum Gasteiger partial charge on any atom is 0.505 e. The Morgan fingerprint density at radius 2 is 1.54 bits per heavy atom. The van der Waals surface area contributed by atoms with E-state index in [1.807, 2.05) is 0 Å². The van der Waals surface area contributed by atoms with Gasteiger partial charge in [-0.25, -0.2) is 41.7 Å². The highest BCUT2D eigenvalue weighted by atomic mass is 32.2. The number of thiazole rings is 1. The van der Waals surface area contributed by atoms with Gasteiger partial charge in [0.1, 0.15) is 54.3 Å². The van der Waals surface area contributed by atoms with E-state index in [0.717, 1.165) is 17.4 Å². The number of anilines is 2. The van der Waals surface area contributed by atoms with Gasteiger partial charge in [-0.15, -0.1) is 11.3 Å². The maximum atomic E-state index is 16.0. The fourth-order valence-electron chi connectivity index (χ4n) is 4.80. The summed E-state index contributed by atoms with van der Waals surface area (Å²) in [6.07, 6.45) is -0.388. The molecule has 0 aliphatic carbocycles. The summed E-state index contributed by atoms with van der Waals surface area (Å²) in [5, 5.41) is 22.6. The van der Waals surface area contributed by atoms with Crippen LogP contribution in [0.25, 0.3) is 11.1 Å². The molecule has 1 atom stereocenters. The molecule has 3 rings (SSSR count). The molecule has 28 heteroatoms. The summed E-state index contributed by atoms with van der Waals surface area (Å²) in [6.45, 7) is 18.5. The van der Waals surface area contributed by atoms with Crippen molar-refractivity contribution in [1.82, 2.24) is 15.0 Å². The molecule has 0 unspecified atom stereocenters. The van der Waals surface area contributed by atoms with Crippen LogP contribution >= 0.6 is 11.3 Å². The summed E-state index contributed by atoms with van der Waals surface area (Å²) >= 11 is 0.896. The fourth-order valence-corrected chi connectivity index (χ4v) is 5.48. The third-order valence-corrected chi connectivity index (χ3v) is 8.77. The number of esters is 1. The van der Waals surface area contributed by atoms with Gasteiger partial charge in [0.05, 0.1) is 18.3 Å². The van der Waals surface area contributed by atoms with Crippen LogP contribution in [-0.4, -0.2) is 112 Å². The molecule has 0 saturated heterocycles. The van der Waals surface area contributed by atoms with E-state index < -0.39 is 86.9 Å². The largest absolute Gasteiger partial charge is 0.741 e. The van der Waals surface area contributed by atoms with Gasteiger partial charge in [0, 0.05) is 23.6 Å². The third-order valence-electron chi connectivity index (χ3n) is 7.44. The number of carboxylic acids is 1. The van der Waals surface area contributed by atoms with Crippen LogP contribution in [-0.2, 0) is 57.1 Å². The first kappa shape index (κ1) is 57.6. The number of aliphatic carboxylic acids is 1. The van der Waals surface area contributed by atoms with Crippen molar-refractivity contribution in [1.29, 1.82) is 0 Å². The molecular formula is C40H53F4N7O15S2. The van der Waals surface area contributed by atoms with Crippen LogP contribution in [0.2, 0.25) is 0 Å². The predicted molar refractivity (Wildman–Crippen MR) is 233 cm³/mol. The molecule has 0 bridgehead atoms. The van der Waals surface area contributed by atoms with Gasteiger partial charge >= 0.3 is 41.5 Å². The number of alkyl carbamates (subject to hydrolysis) is 1. The number of aromatic nitrogens is 3. The SMILES string of the molecule is C=CCOC(=O)Nc1c(-c2ccc(OC[C@H](O/N=C(\C(=O)O)c3csc(NC(=O)OC(C)(C)C)n3)C(=O)OC(C)(C)C)cc2F)cn(CCCNC(=O)OC(C)(C)C)[n+]1C.O=S(=O)([O-])C(F)(F)F. The minimum absolute atomic E-state index is 0.0131. The van der Waals surface area contributed by atoms with Gasteiger partial charge < -0.3 is 43.5 Å². The minimum Gasteiger partial charge on any atom is -0.741 e. The lowest BCUT2D eigenvalue weighted by Crippen LogP contribution is -2.42. The summed E-state index contributed by atoms with van der Waals surface area (Å²) < 4.78 is 105. The first-order valence-corrected chi connectivity index (χ1v) is 22.1. The molecule has 4 N–H and O–H groups in total. The highest BCUT2D eigenvalue weighted by Gasteiger charge is 2.37. The monoisotopic (exact) mass is 1010 g/mol. The molecule has 3 aromatic rings. The number of aryl methyl sites for hydroxylation is 1. The lowest BCUT2D eigenvalue weighted by atomic mass is 10.1. The van der Waals surface area contributed by atoms with E-state index in [0.29, 0.717) is 13.0 Å². The maximum absolute atomic E-state index is 16.0. The summed E-state index contributed by atoms with van der Waals surface area (Å²) in [7, 11) is -4.44. The summed E-state index contributed by atoms with van der Waals surface area (Å²) in [4.78, 5) is 71.6. The molecule has 68 heavy (non-hydrogen) atoms. The van der Waals surface area contributed by atoms with E-state index >= 15 is 4.39 Å². The van der Waals surface area contributed by atoms with Crippen molar-refractivity contribution in [2.45, 2.75) is 104 Å². The van der Waals surface area contributed by atoms with Gasteiger partial charge in [0.15, 0.2) is 15.2 Å². The summed E-state index contributed by atoms with van der Waals surface area (Å²) in [5.74, 6) is -3.17. The Bertz CT molecular complexity index is 2420. The van der Waals surface area contributed by atoms with E-state index in [2.05, 4.69) is 32.7 Å². The predicted octanol–water partition coefficient (Wildman–Crippen LogP) is 6.22. The Labute approximate surface area is 392 Å². The van der Waals surface area contributed by atoms with E-state index in [9.17, 15) is 42.3 Å². The quantitative estimate of drug-likeness (QED) is 0.0112. The van der Waals surface area contributed by atoms with Crippen LogP contribution in [0.5, 0.6) is 5.75 Å².